The fourth-order valence-electron chi connectivity index (χ4n) is 4.07. The zero-order valence-corrected chi connectivity index (χ0v) is 21.8. The van der Waals surface area contributed by atoms with Crippen LogP contribution in [0.5, 0.6) is 5.75 Å². The van der Waals surface area contributed by atoms with Gasteiger partial charge in [0.05, 0.1) is 23.3 Å². The maximum Gasteiger partial charge on any atom is 0.257 e. The molecule has 0 unspecified atom stereocenters. The molecule has 0 saturated carbocycles. The minimum Gasteiger partial charge on any atom is -0.497 e. The fourth-order valence-corrected chi connectivity index (χ4v) is 5.54. The molecule has 1 aliphatic rings. The van der Waals surface area contributed by atoms with Crippen molar-refractivity contribution in [1.29, 1.82) is 0 Å². The molecule has 11 heteroatoms. The van der Waals surface area contributed by atoms with E-state index in [0.717, 1.165) is 0 Å². The highest BCUT2D eigenvalue weighted by molar-refractivity contribution is 7.89. The molecule has 3 amide bonds. The van der Waals surface area contributed by atoms with Gasteiger partial charge in [0.2, 0.25) is 15.9 Å². The summed E-state index contributed by atoms with van der Waals surface area (Å²) in [5.74, 6) is -0.515. The number of benzene rings is 3. The average Bonchev–Trinajstić information content (AvgIpc) is 2.93. The van der Waals surface area contributed by atoms with Gasteiger partial charge in [0.1, 0.15) is 5.75 Å². The Morgan fingerprint density at radius 2 is 1.53 bits per heavy atom. The molecule has 3 aromatic carbocycles. The molecule has 1 fully saturated rings. The number of hydrogen-bond donors (Lipinski definition) is 2. The van der Waals surface area contributed by atoms with Gasteiger partial charge in [-0.1, -0.05) is 24.3 Å². The SMILES string of the molecule is COc1cccc(NC(=O)c2ccccc2NC(=O)c2cccc(S(=O)(=O)N3CCN(C(C)=O)CC3)c2)c1. The highest BCUT2D eigenvalue weighted by Gasteiger charge is 2.29. The number of rotatable bonds is 7. The van der Waals surface area contributed by atoms with Gasteiger partial charge in [0.15, 0.2) is 0 Å². The minimum atomic E-state index is -3.86. The predicted octanol–water partition coefficient (Wildman–Crippen LogP) is 3.05. The molecule has 198 valence electrons. The van der Waals surface area contributed by atoms with Crippen LogP contribution in [0.4, 0.5) is 11.4 Å². The second-order valence-corrected chi connectivity index (χ2v) is 10.6. The van der Waals surface area contributed by atoms with Gasteiger partial charge in [-0.3, -0.25) is 14.4 Å². The summed E-state index contributed by atoms with van der Waals surface area (Å²) in [5, 5.41) is 5.50. The molecular formula is C27H28N4O6S. The normalized spacial score (nSPS) is 14.0. The first-order valence-corrected chi connectivity index (χ1v) is 13.3. The summed E-state index contributed by atoms with van der Waals surface area (Å²) in [6, 6.07) is 19.1. The number of amides is 3. The Morgan fingerprint density at radius 1 is 0.816 bits per heavy atom. The molecule has 0 spiro atoms. The van der Waals surface area contributed by atoms with Gasteiger partial charge < -0.3 is 20.3 Å². The predicted molar refractivity (Wildman–Crippen MR) is 143 cm³/mol. The van der Waals surface area contributed by atoms with Crippen molar-refractivity contribution in [2.24, 2.45) is 0 Å². The third kappa shape index (κ3) is 6.01. The maximum absolute atomic E-state index is 13.2. The topological polar surface area (TPSA) is 125 Å². The van der Waals surface area contributed by atoms with Gasteiger partial charge in [-0.25, -0.2) is 8.42 Å². The second-order valence-electron chi connectivity index (χ2n) is 8.62. The molecule has 0 bridgehead atoms. The number of piperazine rings is 1. The van der Waals surface area contributed by atoms with Crippen LogP contribution in [0.3, 0.4) is 0 Å². The molecule has 0 radical (unpaired) electrons. The molecule has 1 aliphatic heterocycles. The quantitative estimate of drug-likeness (QED) is 0.478. The van der Waals surface area contributed by atoms with Crippen LogP contribution in [0.2, 0.25) is 0 Å². The highest BCUT2D eigenvalue weighted by Crippen LogP contribution is 2.23. The van der Waals surface area contributed by atoms with Crippen molar-refractivity contribution in [1.82, 2.24) is 9.21 Å². The Kier molecular flexibility index (Phi) is 8.08. The summed E-state index contributed by atoms with van der Waals surface area (Å²) >= 11 is 0. The lowest BCUT2D eigenvalue weighted by molar-refractivity contribution is -0.129. The Bertz CT molecular complexity index is 1470. The lowest BCUT2D eigenvalue weighted by atomic mass is 10.1. The van der Waals surface area contributed by atoms with E-state index in [1.54, 1.807) is 53.4 Å². The van der Waals surface area contributed by atoms with Crippen molar-refractivity contribution in [2.45, 2.75) is 11.8 Å². The summed E-state index contributed by atoms with van der Waals surface area (Å²) in [4.78, 5) is 39.2. The van der Waals surface area contributed by atoms with Gasteiger partial charge in [-0.2, -0.15) is 4.31 Å². The smallest absolute Gasteiger partial charge is 0.257 e. The van der Waals surface area contributed by atoms with E-state index in [2.05, 4.69) is 10.6 Å². The zero-order chi connectivity index (χ0) is 27.3. The number of hydrogen-bond acceptors (Lipinski definition) is 6. The van der Waals surface area contributed by atoms with E-state index in [1.165, 1.54) is 42.6 Å². The first kappa shape index (κ1) is 26.8. The highest BCUT2D eigenvalue weighted by atomic mass is 32.2. The van der Waals surface area contributed by atoms with Gasteiger partial charge in [-0.15, -0.1) is 0 Å². The summed E-state index contributed by atoms with van der Waals surface area (Å²) < 4.78 is 32.9. The molecule has 0 aromatic heterocycles. The third-order valence-corrected chi connectivity index (χ3v) is 8.06. The van der Waals surface area contributed by atoms with Crippen LogP contribution in [0, 0.1) is 0 Å². The Morgan fingerprint density at radius 3 is 2.24 bits per heavy atom. The number of carbonyl (C=O) groups excluding carboxylic acids is 3. The number of carbonyl (C=O) groups is 3. The summed E-state index contributed by atoms with van der Waals surface area (Å²) in [6.45, 7) is 2.42. The van der Waals surface area contributed by atoms with Crippen LogP contribution in [0.15, 0.2) is 77.7 Å². The summed E-state index contributed by atoms with van der Waals surface area (Å²) in [5.41, 5.74) is 1.15. The monoisotopic (exact) mass is 536 g/mol. The number of ether oxygens (including phenoxy) is 1. The molecule has 0 atom stereocenters. The minimum absolute atomic E-state index is 0.0227. The van der Waals surface area contributed by atoms with Gasteiger partial charge >= 0.3 is 0 Å². The van der Waals surface area contributed by atoms with Crippen molar-refractivity contribution in [3.8, 4) is 5.75 Å². The standard InChI is InChI=1S/C27H28N4O6S/c1-19(32)30-13-15-31(16-14-30)38(35,36)23-10-5-7-20(17-23)26(33)29-25-12-4-3-11-24(25)27(34)28-21-8-6-9-22(18-21)37-2/h3-12,17-18H,13-16H2,1-2H3,(H,28,34)(H,29,33). The maximum atomic E-state index is 13.2. The average molecular weight is 537 g/mol. The van der Waals surface area contributed by atoms with Crippen molar-refractivity contribution in [3.63, 3.8) is 0 Å². The summed E-state index contributed by atoms with van der Waals surface area (Å²) in [6.07, 6.45) is 0. The Hall–Kier alpha value is -4.22. The molecule has 2 N–H and O–H groups in total. The number of nitrogens with one attached hydrogen (secondary N) is 2. The molecule has 38 heavy (non-hydrogen) atoms. The van der Waals surface area contributed by atoms with E-state index < -0.39 is 21.8 Å². The van der Waals surface area contributed by atoms with Gasteiger partial charge in [0.25, 0.3) is 11.8 Å². The Balaban J connectivity index is 1.50. The molecule has 10 nitrogen and oxygen atoms in total. The van der Waals surface area contributed by atoms with E-state index in [9.17, 15) is 22.8 Å². The first-order chi connectivity index (χ1) is 18.2. The van der Waals surface area contributed by atoms with E-state index >= 15 is 0 Å². The van der Waals surface area contributed by atoms with Crippen molar-refractivity contribution in [2.75, 3.05) is 43.9 Å². The van der Waals surface area contributed by atoms with Crippen LogP contribution >= 0.6 is 0 Å². The molecule has 1 saturated heterocycles. The number of methoxy groups -OCH3 is 1. The molecule has 4 rings (SSSR count). The van der Waals surface area contributed by atoms with Gasteiger partial charge in [-0.05, 0) is 42.5 Å². The lowest BCUT2D eigenvalue weighted by Gasteiger charge is -2.33. The largest absolute Gasteiger partial charge is 0.497 e. The number of nitrogens with zero attached hydrogens (tertiary/aromatic N) is 2. The van der Waals surface area contributed by atoms with Crippen LogP contribution in [0.1, 0.15) is 27.6 Å². The molecule has 3 aromatic rings. The number of anilines is 2. The summed E-state index contributed by atoms with van der Waals surface area (Å²) in [7, 11) is -2.33. The van der Waals surface area contributed by atoms with Crippen LogP contribution in [-0.2, 0) is 14.8 Å². The number of para-hydroxylation sites is 1. The van der Waals surface area contributed by atoms with E-state index in [1.807, 2.05) is 0 Å². The lowest BCUT2D eigenvalue weighted by Crippen LogP contribution is -2.49. The van der Waals surface area contributed by atoms with E-state index in [-0.39, 0.29) is 40.7 Å². The molecule has 0 aliphatic carbocycles. The van der Waals surface area contributed by atoms with Crippen molar-refractivity contribution >= 4 is 39.1 Å². The van der Waals surface area contributed by atoms with Crippen LogP contribution < -0.4 is 15.4 Å². The van der Waals surface area contributed by atoms with Crippen LogP contribution in [-0.4, -0.2) is 68.6 Å². The Labute approximate surface area is 221 Å². The van der Waals surface area contributed by atoms with E-state index in [0.29, 0.717) is 24.5 Å². The van der Waals surface area contributed by atoms with Crippen molar-refractivity contribution < 1.29 is 27.5 Å². The van der Waals surface area contributed by atoms with Crippen LogP contribution in [0.25, 0.3) is 0 Å². The van der Waals surface area contributed by atoms with Crippen molar-refractivity contribution in [3.05, 3.63) is 83.9 Å². The van der Waals surface area contributed by atoms with E-state index in [4.69, 9.17) is 4.74 Å². The molecule has 1 heterocycles. The molecular weight excluding hydrogens is 508 g/mol. The first-order valence-electron chi connectivity index (χ1n) is 11.9. The third-order valence-electron chi connectivity index (χ3n) is 6.17. The number of sulfonamides is 1. The fraction of sp³-hybridized carbons (Fsp3) is 0.222. The zero-order valence-electron chi connectivity index (χ0n) is 21.0. The van der Waals surface area contributed by atoms with Gasteiger partial charge in [0, 0.05) is 50.4 Å². The second kappa shape index (κ2) is 11.4.